The van der Waals surface area contributed by atoms with Crippen LogP contribution in [0.15, 0.2) is 35.4 Å². The number of anilines is 1. The molecule has 1 aliphatic carbocycles. The number of methoxy groups -OCH3 is 1. The van der Waals surface area contributed by atoms with Crippen LogP contribution in [0, 0.1) is 0 Å². The van der Waals surface area contributed by atoms with E-state index >= 15 is 0 Å². The van der Waals surface area contributed by atoms with Crippen LogP contribution in [0.5, 0.6) is 0 Å². The topological polar surface area (TPSA) is 100 Å². The van der Waals surface area contributed by atoms with Crippen molar-refractivity contribution in [3.63, 3.8) is 0 Å². The van der Waals surface area contributed by atoms with Gasteiger partial charge in [0.1, 0.15) is 11.8 Å². The minimum Gasteiger partial charge on any atom is -0.480 e. The van der Waals surface area contributed by atoms with Crippen LogP contribution < -0.4 is 10.3 Å². The number of amides is 1. The first-order valence-electron chi connectivity index (χ1n) is 8.65. The molecule has 8 heteroatoms. The Balaban J connectivity index is 1.69. The number of nitrogens with zero attached hydrogens (tertiary/aromatic N) is 2. The van der Waals surface area contributed by atoms with Gasteiger partial charge in [-0.1, -0.05) is 18.2 Å². The van der Waals surface area contributed by atoms with E-state index in [1.54, 1.807) is 31.4 Å². The highest BCUT2D eigenvalue weighted by Gasteiger charge is 2.44. The predicted molar refractivity (Wildman–Crippen MR) is 95.2 cm³/mol. The Hall–Kier alpha value is -2.45. The van der Waals surface area contributed by atoms with Gasteiger partial charge in [-0.3, -0.25) is 9.80 Å². The molecule has 8 nitrogen and oxygen atoms in total. The molecule has 0 bridgehead atoms. The minimum absolute atomic E-state index is 0.0339. The summed E-state index contributed by atoms with van der Waals surface area (Å²) in [5, 5.41) is 18.0. The third kappa shape index (κ3) is 3.56. The number of ether oxygens (including phenoxy) is 2. The van der Waals surface area contributed by atoms with Crippen molar-refractivity contribution in [3.05, 3.63) is 30.3 Å². The first kappa shape index (κ1) is 18.3. The number of para-hydroxylation sites is 1. The summed E-state index contributed by atoms with van der Waals surface area (Å²) < 4.78 is 10.9. The summed E-state index contributed by atoms with van der Waals surface area (Å²) in [4.78, 5) is 24.1. The van der Waals surface area contributed by atoms with Crippen molar-refractivity contribution < 1.29 is 24.2 Å². The molecule has 0 radical (unpaired) electrons. The molecule has 2 aliphatic rings. The van der Waals surface area contributed by atoms with Crippen LogP contribution in [-0.2, 0) is 19.1 Å². The lowest BCUT2D eigenvalue weighted by Gasteiger charge is -2.43. The molecule has 1 amide bonds. The van der Waals surface area contributed by atoms with Gasteiger partial charge in [-0.15, -0.1) is 0 Å². The summed E-state index contributed by atoms with van der Waals surface area (Å²) in [6.07, 6.45) is 0.473. The number of rotatable bonds is 7. The van der Waals surface area contributed by atoms with E-state index in [9.17, 15) is 14.7 Å². The summed E-state index contributed by atoms with van der Waals surface area (Å²) in [5.41, 5.74) is 0.841. The Morgan fingerprint density at radius 1 is 1.35 bits per heavy atom. The fourth-order valence-electron chi connectivity index (χ4n) is 3.33. The van der Waals surface area contributed by atoms with E-state index in [1.165, 1.54) is 5.01 Å². The average Bonchev–Trinajstić information content (AvgIpc) is 3.07. The molecule has 3 rings (SSSR count). The van der Waals surface area contributed by atoms with Gasteiger partial charge in [-0.2, -0.15) is 5.10 Å². The molecule has 4 atom stereocenters. The van der Waals surface area contributed by atoms with Gasteiger partial charge in [0, 0.05) is 20.1 Å². The van der Waals surface area contributed by atoms with Crippen molar-refractivity contribution in [3.8, 4) is 0 Å². The number of carboxylic acid groups (broad SMARTS) is 1. The number of aliphatic carboxylic acids is 1. The summed E-state index contributed by atoms with van der Waals surface area (Å²) in [6, 6.07) is 7.90. The molecule has 4 unspecified atom stereocenters. The maximum atomic E-state index is 12.6. The van der Waals surface area contributed by atoms with Crippen LogP contribution in [0.3, 0.4) is 0 Å². The lowest BCUT2D eigenvalue weighted by atomic mass is 9.85. The van der Waals surface area contributed by atoms with Crippen molar-refractivity contribution in [1.82, 2.24) is 5.32 Å². The monoisotopic (exact) mass is 361 g/mol. The molecular weight excluding hydrogens is 338 g/mol. The number of hydrazone groups is 1. The molecule has 0 saturated heterocycles. The van der Waals surface area contributed by atoms with Crippen LogP contribution in [0.1, 0.15) is 19.8 Å². The Labute approximate surface area is 151 Å². The number of benzene rings is 1. The molecule has 0 aromatic heterocycles. The largest absolute Gasteiger partial charge is 0.480 e. The standard InChI is InChI=1S/C18H23N3O5/c1-3-26-15-10-12(16(15)25-2)19-17(22)13-9-14(18(23)24)21(20-13)11-7-5-4-6-8-11/h4-8,12,14-16H,3,9-10H2,1-2H3,(H,19,22)(H,23,24). The zero-order chi connectivity index (χ0) is 18.7. The molecule has 2 N–H and O–H groups in total. The number of carbonyl (C=O) groups excluding carboxylic acids is 1. The third-order valence-electron chi connectivity index (χ3n) is 4.70. The highest BCUT2D eigenvalue weighted by molar-refractivity contribution is 6.40. The van der Waals surface area contributed by atoms with Crippen LogP contribution >= 0.6 is 0 Å². The molecule has 1 saturated carbocycles. The molecule has 1 fully saturated rings. The summed E-state index contributed by atoms with van der Waals surface area (Å²) in [7, 11) is 1.58. The molecule has 1 aromatic rings. The number of nitrogens with one attached hydrogen (secondary N) is 1. The molecule has 1 aliphatic heterocycles. The Bertz CT molecular complexity index is 693. The second kappa shape index (κ2) is 7.84. The highest BCUT2D eigenvalue weighted by atomic mass is 16.5. The summed E-state index contributed by atoms with van der Waals surface area (Å²) in [6.45, 7) is 2.50. The van der Waals surface area contributed by atoms with Crippen LogP contribution in [0.2, 0.25) is 0 Å². The van der Waals surface area contributed by atoms with Gasteiger partial charge in [0.2, 0.25) is 0 Å². The molecule has 1 heterocycles. The third-order valence-corrected chi connectivity index (χ3v) is 4.70. The number of hydrogen-bond acceptors (Lipinski definition) is 6. The van der Waals surface area contributed by atoms with E-state index in [2.05, 4.69) is 10.4 Å². The first-order valence-corrected chi connectivity index (χ1v) is 8.65. The van der Waals surface area contributed by atoms with E-state index in [0.29, 0.717) is 18.7 Å². The van der Waals surface area contributed by atoms with E-state index < -0.39 is 12.0 Å². The van der Waals surface area contributed by atoms with Gasteiger partial charge in [-0.05, 0) is 25.5 Å². The summed E-state index contributed by atoms with van der Waals surface area (Å²) >= 11 is 0. The van der Waals surface area contributed by atoms with Gasteiger partial charge in [0.15, 0.2) is 6.04 Å². The maximum Gasteiger partial charge on any atom is 0.328 e. The first-order chi connectivity index (χ1) is 12.5. The Morgan fingerprint density at radius 2 is 2.08 bits per heavy atom. The smallest absolute Gasteiger partial charge is 0.328 e. The molecule has 0 spiro atoms. The van der Waals surface area contributed by atoms with Crippen molar-refractivity contribution >= 4 is 23.3 Å². The van der Waals surface area contributed by atoms with E-state index in [1.807, 2.05) is 13.0 Å². The van der Waals surface area contributed by atoms with Crippen molar-refractivity contribution in [2.24, 2.45) is 5.10 Å². The molecule has 1 aromatic carbocycles. The summed E-state index contributed by atoms with van der Waals surface area (Å²) in [5.74, 6) is -1.38. The zero-order valence-electron chi connectivity index (χ0n) is 14.8. The molecule has 26 heavy (non-hydrogen) atoms. The number of carbonyl (C=O) groups is 2. The van der Waals surface area contributed by atoms with E-state index in [0.717, 1.165) is 0 Å². The minimum atomic E-state index is -1.02. The van der Waals surface area contributed by atoms with E-state index in [-0.39, 0.29) is 36.3 Å². The van der Waals surface area contributed by atoms with Crippen LogP contribution in [-0.4, -0.2) is 60.7 Å². The Morgan fingerprint density at radius 3 is 2.69 bits per heavy atom. The zero-order valence-corrected chi connectivity index (χ0v) is 14.8. The normalized spacial score (nSPS) is 27.6. The highest BCUT2D eigenvalue weighted by Crippen LogP contribution is 2.28. The van der Waals surface area contributed by atoms with Crippen molar-refractivity contribution in [2.75, 3.05) is 18.7 Å². The number of hydrogen-bond donors (Lipinski definition) is 2. The quantitative estimate of drug-likeness (QED) is 0.752. The maximum absolute atomic E-state index is 12.6. The van der Waals surface area contributed by atoms with Crippen molar-refractivity contribution in [2.45, 2.75) is 44.1 Å². The van der Waals surface area contributed by atoms with E-state index in [4.69, 9.17) is 9.47 Å². The molecule has 140 valence electrons. The predicted octanol–water partition coefficient (Wildman–Crippen LogP) is 1.01. The van der Waals surface area contributed by atoms with Gasteiger partial charge < -0.3 is 19.9 Å². The van der Waals surface area contributed by atoms with Crippen LogP contribution in [0.4, 0.5) is 5.69 Å². The van der Waals surface area contributed by atoms with Gasteiger partial charge >= 0.3 is 5.97 Å². The SMILES string of the molecule is CCOC1CC(NC(=O)C2=NN(c3ccccc3)C(C(=O)O)C2)C1OC. The fraction of sp³-hybridized carbons (Fsp3) is 0.500. The average molecular weight is 361 g/mol. The van der Waals surface area contributed by atoms with Gasteiger partial charge in [-0.25, -0.2) is 4.79 Å². The second-order valence-electron chi connectivity index (χ2n) is 6.29. The lowest BCUT2D eigenvalue weighted by Crippen LogP contribution is -2.61. The van der Waals surface area contributed by atoms with Gasteiger partial charge in [0.05, 0.1) is 17.8 Å². The lowest BCUT2D eigenvalue weighted by molar-refractivity contribution is -0.140. The Kier molecular flexibility index (Phi) is 5.53. The second-order valence-corrected chi connectivity index (χ2v) is 6.29. The fourth-order valence-corrected chi connectivity index (χ4v) is 3.33. The van der Waals surface area contributed by atoms with Crippen molar-refractivity contribution in [1.29, 1.82) is 0 Å². The van der Waals surface area contributed by atoms with Gasteiger partial charge in [0.25, 0.3) is 5.91 Å². The number of carboxylic acids is 1. The molecular formula is C18H23N3O5. The van der Waals surface area contributed by atoms with Crippen LogP contribution in [0.25, 0.3) is 0 Å².